The molecule has 1 atom stereocenters. The van der Waals surface area contributed by atoms with Gasteiger partial charge in [0, 0.05) is 19.6 Å². The van der Waals surface area contributed by atoms with Crippen LogP contribution in [0.4, 0.5) is 0 Å². The Kier molecular flexibility index (Phi) is 10.0. The third-order valence-electron chi connectivity index (χ3n) is 5.34. The van der Waals surface area contributed by atoms with E-state index in [1.54, 1.807) is 0 Å². The molecular formula is C18H34Cl2N6O. The van der Waals surface area contributed by atoms with Crippen molar-refractivity contribution in [2.45, 2.75) is 46.1 Å². The smallest absolute Gasteiger partial charge is 0.273 e. The molecule has 2 aliphatic heterocycles. The highest BCUT2D eigenvalue weighted by molar-refractivity contribution is 5.93. The topological polar surface area (TPSA) is 75.1 Å². The van der Waals surface area contributed by atoms with Crippen LogP contribution >= 0.6 is 24.8 Å². The van der Waals surface area contributed by atoms with E-state index in [-0.39, 0.29) is 30.7 Å². The van der Waals surface area contributed by atoms with Crippen LogP contribution in [0.15, 0.2) is 0 Å². The lowest BCUT2D eigenvalue weighted by Crippen LogP contribution is -2.32. The molecule has 3 rings (SSSR count). The summed E-state index contributed by atoms with van der Waals surface area (Å²) in [5.74, 6) is 1.16. The maximum atomic E-state index is 12.5. The molecule has 0 spiro atoms. The molecule has 2 N–H and O–H groups in total. The van der Waals surface area contributed by atoms with E-state index in [2.05, 4.69) is 39.7 Å². The number of likely N-dealkylation sites (tertiary alicyclic amines) is 1. The fourth-order valence-electron chi connectivity index (χ4n) is 4.03. The Bertz CT molecular complexity index is 588. The van der Waals surface area contributed by atoms with Crippen molar-refractivity contribution in [3.63, 3.8) is 0 Å². The fraction of sp³-hybridized carbons (Fsp3) is 0.833. The molecule has 0 radical (unpaired) electrons. The normalized spacial score (nSPS) is 21.0. The van der Waals surface area contributed by atoms with Gasteiger partial charge in [-0.05, 0) is 57.7 Å². The zero-order chi connectivity index (χ0) is 17.8. The van der Waals surface area contributed by atoms with Gasteiger partial charge in [0.15, 0.2) is 5.69 Å². The largest absolute Gasteiger partial charge is 0.350 e. The number of hydrogen-bond acceptors (Lipinski definition) is 5. The molecule has 2 fully saturated rings. The number of amides is 1. The number of carbonyl (C=O) groups is 1. The summed E-state index contributed by atoms with van der Waals surface area (Å²) in [5.41, 5.74) is 1.37. The standard InChI is InChI=1S/C18H32N6O.2ClH/c1-13(2)11-23-9-6-15(12-23)10-20-18(25)17-14(3)24(22-21-17)16-4-7-19-8-5-16;;/h13,15-16,19H,4-12H2,1-3H3,(H,20,25);2*1H. The van der Waals surface area contributed by atoms with Gasteiger partial charge < -0.3 is 15.5 Å². The lowest BCUT2D eigenvalue weighted by atomic mass is 10.1. The molecule has 1 aromatic rings. The van der Waals surface area contributed by atoms with Gasteiger partial charge in [0.05, 0.1) is 11.7 Å². The Labute approximate surface area is 174 Å². The number of nitrogens with one attached hydrogen (secondary N) is 2. The van der Waals surface area contributed by atoms with Crippen molar-refractivity contribution in [3.8, 4) is 0 Å². The number of piperidine rings is 1. The molecule has 0 bridgehead atoms. The van der Waals surface area contributed by atoms with E-state index in [1.807, 2.05) is 11.6 Å². The summed E-state index contributed by atoms with van der Waals surface area (Å²) in [6.45, 7) is 12.6. The van der Waals surface area contributed by atoms with Gasteiger partial charge in [-0.15, -0.1) is 29.9 Å². The predicted octanol–water partition coefficient (Wildman–Crippen LogP) is 2.06. The van der Waals surface area contributed by atoms with Crippen molar-refractivity contribution >= 4 is 30.7 Å². The fourth-order valence-corrected chi connectivity index (χ4v) is 4.03. The van der Waals surface area contributed by atoms with E-state index in [0.29, 0.717) is 23.6 Å². The minimum Gasteiger partial charge on any atom is -0.350 e. The molecule has 3 heterocycles. The molecule has 1 amide bonds. The minimum absolute atomic E-state index is 0. The second-order valence-electron chi connectivity index (χ2n) is 7.97. The van der Waals surface area contributed by atoms with E-state index >= 15 is 0 Å². The van der Waals surface area contributed by atoms with Crippen LogP contribution in [0.2, 0.25) is 0 Å². The number of hydrogen-bond donors (Lipinski definition) is 2. The lowest BCUT2D eigenvalue weighted by Gasteiger charge is -2.23. The van der Waals surface area contributed by atoms with Gasteiger partial charge in [0.1, 0.15) is 0 Å². The van der Waals surface area contributed by atoms with Crippen LogP contribution in [-0.2, 0) is 0 Å². The Balaban J connectivity index is 0.00000182. The number of halogens is 2. The number of carbonyl (C=O) groups excluding carboxylic acids is 1. The Morgan fingerprint density at radius 1 is 1.26 bits per heavy atom. The van der Waals surface area contributed by atoms with Crippen molar-refractivity contribution in [3.05, 3.63) is 11.4 Å². The van der Waals surface area contributed by atoms with Crippen molar-refractivity contribution in [1.29, 1.82) is 0 Å². The molecule has 27 heavy (non-hydrogen) atoms. The molecule has 0 saturated carbocycles. The van der Waals surface area contributed by atoms with E-state index in [4.69, 9.17) is 0 Å². The molecule has 9 heteroatoms. The third-order valence-corrected chi connectivity index (χ3v) is 5.34. The van der Waals surface area contributed by atoms with Crippen LogP contribution in [0.5, 0.6) is 0 Å². The first-order valence-corrected chi connectivity index (χ1v) is 9.67. The summed E-state index contributed by atoms with van der Waals surface area (Å²) in [4.78, 5) is 15.0. The third kappa shape index (κ3) is 6.31. The summed E-state index contributed by atoms with van der Waals surface area (Å²) in [7, 11) is 0. The summed E-state index contributed by atoms with van der Waals surface area (Å²) in [6.07, 6.45) is 3.24. The van der Waals surface area contributed by atoms with Gasteiger partial charge in [-0.1, -0.05) is 19.1 Å². The number of nitrogens with zero attached hydrogens (tertiary/aromatic N) is 4. The van der Waals surface area contributed by atoms with Crippen molar-refractivity contribution in [2.24, 2.45) is 11.8 Å². The van der Waals surface area contributed by atoms with Crippen LogP contribution in [0.1, 0.15) is 55.3 Å². The maximum absolute atomic E-state index is 12.5. The van der Waals surface area contributed by atoms with Gasteiger partial charge in [-0.3, -0.25) is 4.79 Å². The highest BCUT2D eigenvalue weighted by Crippen LogP contribution is 2.20. The quantitative estimate of drug-likeness (QED) is 0.736. The molecule has 2 saturated heterocycles. The Hall–Kier alpha value is -0.890. The first kappa shape index (κ1) is 24.1. The van der Waals surface area contributed by atoms with Gasteiger partial charge in [-0.25, -0.2) is 4.68 Å². The van der Waals surface area contributed by atoms with Gasteiger partial charge in [0.25, 0.3) is 5.91 Å². The first-order valence-electron chi connectivity index (χ1n) is 9.67. The average Bonchev–Trinajstić information content (AvgIpc) is 3.19. The van der Waals surface area contributed by atoms with E-state index in [9.17, 15) is 4.79 Å². The second-order valence-corrected chi connectivity index (χ2v) is 7.97. The van der Waals surface area contributed by atoms with Crippen LogP contribution in [0.3, 0.4) is 0 Å². The van der Waals surface area contributed by atoms with Crippen molar-refractivity contribution < 1.29 is 4.79 Å². The number of aromatic nitrogens is 3. The SMILES string of the molecule is Cc1c(C(=O)NCC2CCN(CC(C)C)C2)nnn1C1CCNCC1.Cl.Cl. The monoisotopic (exact) mass is 420 g/mol. The van der Waals surface area contributed by atoms with Crippen LogP contribution < -0.4 is 10.6 Å². The van der Waals surface area contributed by atoms with Crippen molar-refractivity contribution in [1.82, 2.24) is 30.5 Å². The predicted molar refractivity (Wildman–Crippen MR) is 112 cm³/mol. The van der Waals surface area contributed by atoms with E-state index in [1.165, 1.54) is 0 Å². The number of rotatable bonds is 6. The van der Waals surface area contributed by atoms with E-state index < -0.39 is 0 Å². The van der Waals surface area contributed by atoms with Crippen LogP contribution in [0, 0.1) is 18.8 Å². The lowest BCUT2D eigenvalue weighted by molar-refractivity contribution is 0.0941. The summed E-state index contributed by atoms with van der Waals surface area (Å²) in [5, 5.41) is 14.8. The van der Waals surface area contributed by atoms with Gasteiger partial charge in [0.2, 0.25) is 0 Å². The summed E-state index contributed by atoms with van der Waals surface area (Å²) >= 11 is 0. The van der Waals surface area contributed by atoms with Crippen molar-refractivity contribution in [2.75, 3.05) is 39.3 Å². The van der Waals surface area contributed by atoms with Gasteiger partial charge >= 0.3 is 0 Å². The Morgan fingerprint density at radius 2 is 1.96 bits per heavy atom. The highest BCUT2D eigenvalue weighted by Gasteiger charge is 2.26. The molecule has 0 aliphatic carbocycles. The summed E-state index contributed by atoms with van der Waals surface area (Å²) < 4.78 is 1.94. The summed E-state index contributed by atoms with van der Waals surface area (Å²) in [6, 6.07) is 0.356. The second kappa shape index (κ2) is 11.2. The zero-order valence-corrected chi connectivity index (χ0v) is 18.2. The molecule has 2 aliphatic rings. The molecule has 1 aromatic heterocycles. The van der Waals surface area contributed by atoms with Crippen LogP contribution in [0.25, 0.3) is 0 Å². The molecule has 7 nitrogen and oxygen atoms in total. The zero-order valence-electron chi connectivity index (χ0n) is 16.6. The molecular weight excluding hydrogens is 387 g/mol. The Morgan fingerprint density at radius 3 is 2.63 bits per heavy atom. The highest BCUT2D eigenvalue weighted by atomic mass is 35.5. The minimum atomic E-state index is -0.0833. The van der Waals surface area contributed by atoms with E-state index in [0.717, 1.165) is 64.2 Å². The maximum Gasteiger partial charge on any atom is 0.273 e. The first-order chi connectivity index (χ1) is 12.0. The van der Waals surface area contributed by atoms with Gasteiger partial charge in [-0.2, -0.15) is 0 Å². The molecule has 1 unspecified atom stereocenters. The van der Waals surface area contributed by atoms with Crippen LogP contribution in [-0.4, -0.2) is 65.1 Å². The molecule has 0 aromatic carbocycles. The molecule has 156 valence electrons. The average molecular weight is 421 g/mol.